The van der Waals surface area contributed by atoms with E-state index in [0.717, 1.165) is 16.9 Å². The van der Waals surface area contributed by atoms with E-state index >= 15 is 0 Å². The molecule has 1 aliphatic rings. The van der Waals surface area contributed by atoms with Gasteiger partial charge in [-0.25, -0.2) is 0 Å². The van der Waals surface area contributed by atoms with Crippen molar-refractivity contribution in [1.29, 1.82) is 0 Å². The molecule has 94 valence electrons. The number of aryl methyl sites for hydroxylation is 1. The number of thioether (sulfide) groups is 1. The van der Waals surface area contributed by atoms with E-state index in [9.17, 15) is 5.11 Å². The van der Waals surface area contributed by atoms with Crippen LogP contribution in [0.2, 0.25) is 0 Å². The predicted octanol–water partition coefficient (Wildman–Crippen LogP) is 2.68. The molecule has 0 aliphatic carbocycles. The molecule has 0 bridgehead atoms. The Kier molecular flexibility index (Phi) is 3.54. The lowest BCUT2D eigenvalue weighted by Crippen LogP contribution is -2.20. The van der Waals surface area contributed by atoms with Gasteiger partial charge in [-0.15, -0.1) is 0 Å². The molecule has 0 amide bonds. The Morgan fingerprint density at radius 1 is 1.35 bits per heavy atom. The minimum atomic E-state index is -0.493. The van der Waals surface area contributed by atoms with Crippen molar-refractivity contribution in [2.24, 2.45) is 0 Å². The van der Waals surface area contributed by atoms with Gasteiger partial charge in [0.25, 0.3) is 0 Å². The summed E-state index contributed by atoms with van der Waals surface area (Å²) in [4.78, 5) is 0. The van der Waals surface area contributed by atoms with Crippen molar-refractivity contribution in [3.05, 3.63) is 22.8 Å². The Hall–Kier alpha value is -0.870. The third kappa shape index (κ3) is 2.00. The van der Waals surface area contributed by atoms with Gasteiger partial charge in [0, 0.05) is 16.6 Å². The molecule has 0 saturated heterocycles. The van der Waals surface area contributed by atoms with Gasteiger partial charge in [-0.1, -0.05) is 6.92 Å². The number of benzene rings is 1. The van der Waals surface area contributed by atoms with Gasteiger partial charge < -0.3 is 14.6 Å². The molecule has 0 saturated carbocycles. The highest BCUT2D eigenvalue weighted by Crippen LogP contribution is 2.47. The van der Waals surface area contributed by atoms with E-state index < -0.39 is 6.10 Å². The molecule has 0 radical (unpaired) electrons. The lowest BCUT2D eigenvalue weighted by Gasteiger charge is -2.30. The minimum Gasteiger partial charge on any atom is -0.493 e. The third-order valence-corrected chi connectivity index (χ3v) is 4.51. The molecule has 3 nitrogen and oxygen atoms in total. The largest absolute Gasteiger partial charge is 0.493 e. The fourth-order valence-corrected chi connectivity index (χ4v) is 3.37. The smallest absolute Gasteiger partial charge is 0.166 e. The fourth-order valence-electron chi connectivity index (χ4n) is 2.24. The Labute approximate surface area is 106 Å². The van der Waals surface area contributed by atoms with Crippen LogP contribution in [0.4, 0.5) is 0 Å². The van der Waals surface area contributed by atoms with Crippen molar-refractivity contribution in [1.82, 2.24) is 0 Å². The van der Waals surface area contributed by atoms with Gasteiger partial charge in [0.05, 0.1) is 20.3 Å². The molecule has 1 aliphatic heterocycles. The zero-order valence-corrected chi connectivity index (χ0v) is 11.4. The first-order valence-corrected chi connectivity index (χ1v) is 6.69. The highest BCUT2D eigenvalue weighted by Gasteiger charge is 2.31. The summed E-state index contributed by atoms with van der Waals surface area (Å²) in [6.07, 6.45) is -0.493. The van der Waals surface area contributed by atoms with Gasteiger partial charge in [0.2, 0.25) is 0 Å². The monoisotopic (exact) mass is 254 g/mol. The van der Waals surface area contributed by atoms with E-state index in [1.54, 1.807) is 26.0 Å². The quantitative estimate of drug-likeness (QED) is 0.880. The van der Waals surface area contributed by atoms with Crippen molar-refractivity contribution < 1.29 is 14.6 Å². The summed E-state index contributed by atoms with van der Waals surface area (Å²) in [5.74, 6) is 2.29. The molecule has 0 spiro atoms. The average molecular weight is 254 g/mol. The maximum Gasteiger partial charge on any atom is 0.166 e. The zero-order chi connectivity index (χ0) is 12.6. The van der Waals surface area contributed by atoms with Gasteiger partial charge in [0.1, 0.15) is 0 Å². The Balaban J connectivity index is 2.66. The number of methoxy groups -OCH3 is 2. The summed E-state index contributed by atoms with van der Waals surface area (Å²) in [5, 5.41) is 10.5. The lowest BCUT2D eigenvalue weighted by atomic mass is 9.95. The van der Waals surface area contributed by atoms with E-state index in [4.69, 9.17) is 9.47 Å². The first-order valence-electron chi connectivity index (χ1n) is 5.64. The van der Waals surface area contributed by atoms with Gasteiger partial charge in [-0.3, -0.25) is 0 Å². The molecular weight excluding hydrogens is 236 g/mol. The second-order valence-electron chi connectivity index (χ2n) is 4.28. The molecule has 17 heavy (non-hydrogen) atoms. The van der Waals surface area contributed by atoms with Crippen LogP contribution in [0.25, 0.3) is 0 Å². The van der Waals surface area contributed by atoms with Crippen molar-refractivity contribution in [3.63, 3.8) is 0 Å². The van der Waals surface area contributed by atoms with Gasteiger partial charge in [-0.05, 0) is 24.1 Å². The summed E-state index contributed by atoms with van der Waals surface area (Å²) in [5.41, 5.74) is 3.23. The van der Waals surface area contributed by atoms with E-state index in [0.29, 0.717) is 11.5 Å². The number of hydrogen-bond donors (Lipinski definition) is 1. The van der Waals surface area contributed by atoms with Crippen LogP contribution in [0.5, 0.6) is 11.5 Å². The molecule has 1 N–H and O–H groups in total. The molecule has 2 atom stereocenters. The molecule has 2 rings (SSSR count). The molecule has 1 aromatic carbocycles. The Morgan fingerprint density at radius 2 is 2.06 bits per heavy atom. The summed E-state index contributed by atoms with van der Waals surface area (Å²) in [6, 6.07) is 1.97. The number of ether oxygens (including phenoxy) is 2. The molecule has 0 aromatic heterocycles. The van der Waals surface area contributed by atoms with Crippen molar-refractivity contribution >= 4 is 11.8 Å². The maximum atomic E-state index is 10.3. The number of hydrogen-bond acceptors (Lipinski definition) is 4. The topological polar surface area (TPSA) is 38.7 Å². The molecule has 0 fully saturated rings. The summed E-state index contributed by atoms with van der Waals surface area (Å²) in [7, 11) is 3.24. The minimum absolute atomic E-state index is 0.183. The fraction of sp³-hybridized carbons (Fsp3) is 0.538. The van der Waals surface area contributed by atoms with Crippen LogP contribution in [0.1, 0.15) is 29.7 Å². The summed E-state index contributed by atoms with van der Waals surface area (Å²) < 4.78 is 10.7. The highest BCUT2D eigenvalue weighted by molar-refractivity contribution is 7.99. The number of fused-ring (bicyclic) bond motifs is 1. The standard InChI is InChI=1S/C13H18O3S/c1-7-5-10(15-3)13(16-4)11-9(7)6-17-8(2)12(11)14/h5,8,12,14H,6H2,1-4H3. The molecule has 2 unspecified atom stereocenters. The SMILES string of the molecule is COc1cc(C)c2c(c1OC)C(O)C(C)SC2. The van der Waals surface area contributed by atoms with Crippen molar-refractivity contribution in [2.45, 2.75) is 31.0 Å². The van der Waals surface area contributed by atoms with E-state index in [-0.39, 0.29) is 5.25 Å². The summed E-state index contributed by atoms with van der Waals surface area (Å²) >= 11 is 1.77. The predicted molar refractivity (Wildman–Crippen MR) is 70.0 cm³/mol. The van der Waals surface area contributed by atoms with Crippen LogP contribution in [0.15, 0.2) is 6.07 Å². The number of aliphatic hydroxyl groups excluding tert-OH is 1. The molecular formula is C13H18O3S. The van der Waals surface area contributed by atoms with Crippen LogP contribution < -0.4 is 9.47 Å². The second kappa shape index (κ2) is 4.78. The molecule has 1 aromatic rings. The van der Waals surface area contributed by atoms with E-state index in [1.165, 1.54) is 5.56 Å². The molecule has 1 heterocycles. The van der Waals surface area contributed by atoms with Gasteiger partial charge in [0.15, 0.2) is 11.5 Å². The molecule has 4 heteroatoms. The maximum absolute atomic E-state index is 10.3. The first kappa shape index (κ1) is 12.6. The normalized spacial score (nSPS) is 23.1. The van der Waals surface area contributed by atoms with Crippen molar-refractivity contribution in [2.75, 3.05) is 14.2 Å². The van der Waals surface area contributed by atoms with E-state index in [1.807, 2.05) is 19.9 Å². The van der Waals surface area contributed by atoms with Crippen LogP contribution in [0, 0.1) is 6.92 Å². The van der Waals surface area contributed by atoms with Crippen molar-refractivity contribution in [3.8, 4) is 11.5 Å². The second-order valence-corrected chi connectivity index (χ2v) is 5.65. The Bertz CT molecular complexity index is 431. The first-order chi connectivity index (χ1) is 8.10. The Morgan fingerprint density at radius 3 is 2.65 bits per heavy atom. The number of rotatable bonds is 2. The van der Waals surface area contributed by atoms with Crippen LogP contribution in [-0.4, -0.2) is 24.6 Å². The van der Waals surface area contributed by atoms with E-state index in [2.05, 4.69) is 0 Å². The zero-order valence-electron chi connectivity index (χ0n) is 10.6. The lowest BCUT2D eigenvalue weighted by molar-refractivity contribution is 0.171. The summed E-state index contributed by atoms with van der Waals surface area (Å²) in [6.45, 7) is 4.08. The van der Waals surface area contributed by atoms with Gasteiger partial charge >= 0.3 is 0 Å². The number of aliphatic hydroxyl groups is 1. The van der Waals surface area contributed by atoms with Gasteiger partial charge in [-0.2, -0.15) is 11.8 Å². The van der Waals surface area contributed by atoms with Crippen LogP contribution >= 0.6 is 11.8 Å². The average Bonchev–Trinajstić information content (AvgIpc) is 2.33. The third-order valence-electron chi connectivity index (χ3n) is 3.27. The van der Waals surface area contributed by atoms with Crippen LogP contribution in [-0.2, 0) is 5.75 Å². The highest BCUT2D eigenvalue weighted by atomic mass is 32.2. The van der Waals surface area contributed by atoms with Crippen LogP contribution in [0.3, 0.4) is 0 Å².